The molecule has 0 saturated carbocycles. The second kappa shape index (κ2) is 15.5. The summed E-state index contributed by atoms with van der Waals surface area (Å²) in [6.45, 7) is 11.9. The first-order valence-electron chi connectivity index (χ1n) is 12.8. The Kier molecular flexibility index (Phi) is 13.9. The van der Waals surface area contributed by atoms with Crippen LogP contribution in [0.5, 0.6) is 0 Å². The van der Waals surface area contributed by atoms with Gasteiger partial charge < -0.3 is 20.1 Å². The van der Waals surface area contributed by atoms with Crippen molar-refractivity contribution >= 4 is 29.5 Å². The number of unbranched alkanes of at least 4 members (excludes halogenated alkanes) is 4. The average molecular weight is 499 g/mol. The summed E-state index contributed by atoms with van der Waals surface area (Å²) < 4.78 is 5.58. The molecule has 1 saturated heterocycles. The molecule has 0 aromatic rings. The molecule has 1 aliphatic rings. The van der Waals surface area contributed by atoms with Gasteiger partial charge in [-0.05, 0) is 47.0 Å². The third-order valence-electron chi connectivity index (χ3n) is 5.71. The van der Waals surface area contributed by atoms with E-state index in [-0.39, 0.29) is 28.5 Å². The zero-order chi connectivity index (χ0) is 25.7. The van der Waals surface area contributed by atoms with Crippen LogP contribution in [-0.4, -0.2) is 57.1 Å². The zero-order valence-electron chi connectivity index (χ0n) is 22.0. The van der Waals surface area contributed by atoms with E-state index in [1.54, 1.807) is 11.8 Å². The van der Waals surface area contributed by atoms with Crippen LogP contribution < -0.4 is 5.32 Å². The van der Waals surface area contributed by atoms with E-state index >= 15 is 0 Å². The molecule has 0 aromatic heterocycles. The number of thioether (sulfide) groups is 1. The number of aliphatic hydroxyl groups is 1. The van der Waals surface area contributed by atoms with Gasteiger partial charge in [0.25, 0.3) is 0 Å². The van der Waals surface area contributed by atoms with Gasteiger partial charge in [0.15, 0.2) is 0 Å². The lowest BCUT2D eigenvalue weighted by Gasteiger charge is -2.30. The summed E-state index contributed by atoms with van der Waals surface area (Å²) in [6, 6.07) is 0. The van der Waals surface area contributed by atoms with Crippen molar-refractivity contribution in [3.8, 4) is 0 Å². The molecule has 196 valence electrons. The highest BCUT2D eigenvalue weighted by molar-refractivity contribution is 8.01. The molecule has 3 atom stereocenters. The quantitative estimate of drug-likeness (QED) is 0.146. The Morgan fingerprint density at radius 1 is 1.15 bits per heavy atom. The molecule has 0 aromatic carbocycles. The lowest BCUT2D eigenvalue weighted by molar-refractivity contribution is -0.146. The van der Waals surface area contributed by atoms with Crippen LogP contribution in [0.2, 0.25) is 0 Å². The number of rotatable bonds is 15. The minimum Gasteiger partial charge on any atom is -0.431 e. The highest BCUT2D eigenvalue weighted by Gasteiger charge is 2.41. The van der Waals surface area contributed by atoms with E-state index in [0.717, 1.165) is 44.9 Å². The largest absolute Gasteiger partial charge is 0.431 e. The Balaban J connectivity index is 2.87. The van der Waals surface area contributed by atoms with Crippen molar-refractivity contribution < 1.29 is 24.2 Å². The van der Waals surface area contributed by atoms with E-state index < -0.39 is 18.0 Å². The standard InChI is InChI=1S/C26H46N2O5S/c1-7-9-11-13-20(29)15-16-28-23(31)18-34-24(28)21(14-12-10-8-2)25(32)33-19(3)17-22(30)27-26(4,5)6/h17,20-21,24,29H,7-16,18H2,1-6H3,(H,27,30). The number of amides is 2. The number of ether oxygens (including phenoxy) is 1. The fraction of sp³-hybridized carbons (Fsp3) is 0.808. The molecule has 3 unspecified atom stereocenters. The molecule has 7 nitrogen and oxygen atoms in total. The Morgan fingerprint density at radius 3 is 2.35 bits per heavy atom. The number of aliphatic hydroxyl groups excluding tert-OH is 1. The van der Waals surface area contributed by atoms with Crippen molar-refractivity contribution in [1.29, 1.82) is 0 Å². The predicted octanol–water partition coefficient (Wildman–Crippen LogP) is 4.78. The number of esters is 1. The molecule has 2 amide bonds. The number of carbonyl (C=O) groups is 3. The van der Waals surface area contributed by atoms with Crippen LogP contribution in [0.15, 0.2) is 11.8 Å². The van der Waals surface area contributed by atoms with E-state index in [1.807, 2.05) is 20.8 Å². The molecular weight excluding hydrogens is 452 g/mol. The van der Waals surface area contributed by atoms with E-state index in [2.05, 4.69) is 19.2 Å². The molecule has 0 bridgehead atoms. The van der Waals surface area contributed by atoms with E-state index in [1.165, 1.54) is 17.8 Å². The van der Waals surface area contributed by atoms with Gasteiger partial charge in [-0.2, -0.15) is 0 Å². The summed E-state index contributed by atoms with van der Waals surface area (Å²) in [5.74, 6) is -0.634. The Morgan fingerprint density at radius 2 is 1.76 bits per heavy atom. The van der Waals surface area contributed by atoms with Gasteiger partial charge in [0, 0.05) is 18.2 Å². The van der Waals surface area contributed by atoms with Crippen molar-refractivity contribution in [1.82, 2.24) is 10.2 Å². The van der Waals surface area contributed by atoms with Gasteiger partial charge in [-0.3, -0.25) is 14.4 Å². The van der Waals surface area contributed by atoms with Gasteiger partial charge in [-0.25, -0.2) is 0 Å². The second-order valence-corrected chi connectivity index (χ2v) is 11.3. The number of nitrogens with zero attached hydrogens (tertiary/aromatic N) is 1. The Bertz CT molecular complexity index is 689. The maximum Gasteiger partial charge on any atom is 0.316 e. The summed E-state index contributed by atoms with van der Waals surface area (Å²) in [6.07, 6.45) is 8.76. The fourth-order valence-electron chi connectivity index (χ4n) is 3.96. The third-order valence-corrected chi connectivity index (χ3v) is 7.05. The van der Waals surface area contributed by atoms with Crippen LogP contribution in [0.3, 0.4) is 0 Å². The van der Waals surface area contributed by atoms with Crippen LogP contribution in [-0.2, 0) is 19.1 Å². The molecule has 0 radical (unpaired) electrons. The fourth-order valence-corrected chi connectivity index (χ4v) is 5.33. The van der Waals surface area contributed by atoms with Crippen LogP contribution in [0, 0.1) is 5.92 Å². The van der Waals surface area contributed by atoms with Crippen LogP contribution in [0.1, 0.15) is 99.3 Å². The van der Waals surface area contributed by atoms with Crippen LogP contribution >= 0.6 is 11.8 Å². The first-order chi connectivity index (χ1) is 16.0. The Hall–Kier alpha value is -1.54. The van der Waals surface area contributed by atoms with E-state index in [4.69, 9.17) is 4.74 Å². The van der Waals surface area contributed by atoms with E-state index in [9.17, 15) is 19.5 Å². The minimum absolute atomic E-state index is 0.000804. The molecular formula is C26H46N2O5S. The van der Waals surface area contributed by atoms with Crippen molar-refractivity contribution in [2.24, 2.45) is 5.92 Å². The minimum atomic E-state index is -0.478. The molecule has 1 fully saturated rings. The van der Waals surface area contributed by atoms with Gasteiger partial charge >= 0.3 is 5.97 Å². The number of nitrogens with one attached hydrogen (secondary N) is 1. The monoisotopic (exact) mass is 498 g/mol. The molecule has 2 N–H and O–H groups in total. The highest BCUT2D eigenvalue weighted by atomic mass is 32.2. The lowest BCUT2D eigenvalue weighted by atomic mass is 9.99. The second-order valence-electron chi connectivity index (χ2n) is 10.2. The third kappa shape index (κ3) is 11.7. The maximum absolute atomic E-state index is 13.2. The summed E-state index contributed by atoms with van der Waals surface area (Å²) in [5.41, 5.74) is -0.386. The number of hydrogen-bond acceptors (Lipinski definition) is 6. The van der Waals surface area contributed by atoms with Crippen molar-refractivity contribution in [2.75, 3.05) is 12.3 Å². The summed E-state index contributed by atoms with van der Waals surface area (Å²) in [7, 11) is 0. The van der Waals surface area contributed by atoms with Gasteiger partial charge in [0.2, 0.25) is 11.8 Å². The summed E-state index contributed by atoms with van der Waals surface area (Å²) in [4.78, 5) is 39.7. The first kappa shape index (κ1) is 30.5. The zero-order valence-corrected chi connectivity index (χ0v) is 22.8. The van der Waals surface area contributed by atoms with Gasteiger partial charge in [-0.1, -0.05) is 52.4 Å². The topological polar surface area (TPSA) is 95.9 Å². The van der Waals surface area contributed by atoms with Crippen molar-refractivity contribution in [2.45, 2.75) is 116 Å². The SMILES string of the molecule is CCCCCC(O)CCN1C(=O)CSC1C(CCCCC)C(=O)OC(C)=CC(=O)NC(C)(C)C. The molecule has 0 aliphatic carbocycles. The molecule has 34 heavy (non-hydrogen) atoms. The Labute approximate surface area is 210 Å². The van der Waals surface area contributed by atoms with Crippen LogP contribution in [0.4, 0.5) is 0 Å². The smallest absolute Gasteiger partial charge is 0.316 e. The number of allylic oxidation sites excluding steroid dienone is 1. The van der Waals surface area contributed by atoms with Crippen LogP contribution in [0.25, 0.3) is 0 Å². The van der Waals surface area contributed by atoms with Crippen molar-refractivity contribution in [3.63, 3.8) is 0 Å². The van der Waals surface area contributed by atoms with Gasteiger partial charge in [0.05, 0.1) is 23.1 Å². The molecule has 8 heteroatoms. The average Bonchev–Trinajstić information content (AvgIpc) is 3.08. The predicted molar refractivity (Wildman–Crippen MR) is 138 cm³/mol. The summed E-state index contributed by atoms with van der Waals surface area (Å²) in [5, 5.41) is 12.8. The molecule has 1 aliphatic heterocycles. The molecule has 0 spiro atoms. The molecule has 1 heterocycles. The van der Waals surface area contributed by atoms with E-state index in [0.29, 0.717) is 25.1 Å². The van der Waals surface area contributed by atoms with Gasteiger partial charge in [-0.15, -0.1) is 11.8 Å². The lowest BCUT2D eigenvalue weighted by Crippen LogP contribution is -2.42. The maximum atomic E-state index is 13.2. The summed E-state index contributed by atoms with van der Waals surface area (Å²) >= 11 is 1.47. The number of hydrogen-bond donors (Lipinski definition) is 2. The highest BCUT2D eigenvalue weighted by Crippen LogP contribution is 2.35. The van der Waals surface area contributed by atoms with Crippen molar-refractivity contribution in [3.05, 3.63) is 11.8 Å². The first-order valence-corrected chi connectivity index (χ1v) is 13.8. The normalized spacial score (nSPS) is 18.7. The van der Waals surface area contributed by atoms with Gasteiger partial charge in [0.1, 0.15) is 5.76 Å². The number of carbonyl (C=O) groups excluding carboxylic acids is 3. The molecule has 1 rings (SSSR count).